The summed E-state index contributed by atoms with van der Waals surface area (Å²) in [7, 11) is 0. The molecule has 0 bridgehead atoms. The highest BCUT2D eigenvalue weighted by Gasteiger charge is 2.24. The van der Waals surface area contributed by atoms with Crippen LogP contribution in [0.1, 0.15) is 29.2 Å². The van der Waals surface area contributed by atoms with Gasteiger partial charge in [0.25, 0.3) is 0 Å². The summed E-state index contributed by atoms with van der Waals surface area (Å²) >= 11 is 6.17. The number of hydrogen-bond donors (Lipinski definition) is 1. The highest BCUT2D eigenvalue weighted by atomic mass is 35.5. The molecule has 4 nitrogen and oxygen atoms in total. The fourth-order valence-electron chi connectivity index (χ4n) is 3.70. The van der Waals surface area contributed by atoms with E-state index < -0.39 is 0 Å². The van der Waals surface area contributed by atoms with Crippen LogP contribution >= 0.6 is 11.6 Å². The Kier molecular flexibility index (Phi) is 6.05. The van der Waals surface area contributed by atoms with E-state index in [9.17, 15) is 4.79 Å². The van der Waals surface area contributed by atoms with E-state index in [-0.39, 0.29) is 6.04 Å². The Balaban J connectivity index is 1.55. The SMILES string of the molecule is Nc1ccc(Cl)cc1C1=CC(c2ccc(OCc3ccccc3)cc2)N(C=O)CC1. The Morgan fingerprint density at radius 2 is 1.83 bits per heavy atom. The van der Waals surface area contributed by atoms with Crippen LogP contribution in [0.25, 0.3) is 5.57 Å². The zero-order valence-electron chi connectivity index (χ0n) is 16.5. The predicted octanol–water partition coefficient (Wildman–Crippen LogP) is 5.49. The minimum Gasteiger partial charge on any atom is -0.489 e. The maximum Gasteiger partial charge on any atom is 0.210 e. The average Bonchev–Trinajstić information content (AvgIpc) is 2.80. The largest absolute Gasteiger partial charge is 0.489 e. The number of nitrogens with two attached hydrogens (primary N) is 1. The highest BCUT2D eigenvalue weighted by molar-refractivity contribution is 6.30. The lowest BCUT2D eigenvalue weighted by molar-refractivity contribution is -0.119. The third-order valence-corrected chi connectivity index (χ3v) is 5.56. The molecule has 1 atom stereocenters. The molecule has 1 heterocycles. The Morgan fingerprint density at radius 3 is 2.57 bits per heavy atom. The maximum atomic E-state index is 11.7. The number of rotatable bonds is 6. The van der Waals surface area contributed by atoms with Gasteiger partial charge in [-0.2, -0.15) is 0 Å². The molecule has 1 aliphatic rings. The van der Waals surface area contributed by atoms with Crippen molar-refractivity contribution in [2.24, 2.45) is 0 Å². The Morgan fingerprint density at radius 1 is 1.07 bits per heavy atom. The first-order chi connectivity index (χ1) is 14.6. The molecular weight excluding hydrogens is 396 g/mol. The first kappa shape index (κ1) is 20.0. The zero-order valence-corrected chi connectivity index (χ0v) is 17.3. The van der Waals surface area contributed by atoms with Crippen LogP contribution in [0.4, 0.5) is 5.69 Å². The van der Waals surface area contributed by atoms with Crippen LogP contribution < -0.4 is 10.5 Å². The molecule has 5 heteroatoms. The van der Waals surface area contributed by atoms with E-state index in [1.807, 2.05) is 66.7 Å². The van der Waals surface area contributed by atoms with Gasteiger partial charge in [0, 0.05) is 22.8 Å². The van der Waals surface area contributed by atoms with Gasteiger partial charge >= 0.3 is 0 Å². The molecule has 0 radical (unpaired) electrons. The number of anilines is 1. The van der Waals surface area contributed by atoms with Crippen LogP contribution in [0.3, 0.4) is 0 Å². The van der Waals surface area contributed by atoms with E-state index in [2.05, 4.69) is 6.08 Å². The summed E-state index contributed by atoms with van der Waals surface area (Å²) < 4.78 is 5.88. The number of carbonyl (C=O) groups is 1. The minimum atomic E-state index is -0.159. The first-order valence-corrected chi connectivity index (χ1v) is 10.3. The number of ether oxygens (including phenoxy) is 1. The lowest BCUT2D eigenvalue weighted by atomic mass is 9.92. The van der Waals surface area contributed by atoms with Crippen molar-refractivity contribution in [1.29, 1.82) is 0 Å². The molecular formula is C25H23ClN2O2. The van der Waals surface area contributed by atoms with Crippen LogP contribution in [-0.4, -0.2) is 17.9 Å². The molecule has 0 aromatic heterocycles. The van der Waals surface area contributed by atoms with Crippen molar-refractivity contribution in [3.05, 3.63) is 101 Å². The Labute approximate surface area is 181 Å². The average molecular weight is 419 g/mol. The third-order valence-electron chi connectivity index (χ3n) is 5.32. The quantitative estimate of drug-likeness (QED) is 0.425. The molecule has 152 valence electrons. The lowest BCUT2D eigenvalue weighted by Crippen LogP contribution is -2.30. The predicted molar refractivity (Wildman–Crippen MR) is 121 cm³/mol. The number of nitrogen functional groups attached to an aromatic ring is 1. The molecule has 0 saturated carbocycles. The number of hydrogen-bond acceptors (Lipinski definition) is 3. The monoisotopic (exact) mass is 418 g/mol. The molecule has 1 unspecified atom stereocenters. The summed E-state index contributed by atoms with van der Waals surface area (Å²) in [6, 6.07) is 23.3. The van der Waals surface area contributed by atoms with Crippen LogP contribution in [0, 0.1) is 0 Å². The second-order valence-electron chi connectivity index (χ2n) is 7.30. The topological polar surface area (TPSA) is 55.6 Å². The molecule has 0 saturated heterocycles. The Bertz CT molecular complexity index is 1050. The third kappa shape index (κ3) is 4.50. The zero-order chi connectivity index (χ0) is 20.9. The van der Waals surface area contributed by atoms with Crippen molar-refractivity contribution in [1.82, 2.24) is 4.90 Å². The van der Waals surface area contributed by atoms with Crippen molar-refractivity contribution in [3.63, 3.8) is 0 Å². The van der Waals surface area contributed by atoms with Crippen molar-refractivity contribution < 1.29 is 9.53 Å². The molecule has 4 rings (SSSR count). The van der Waals surface area contributed by atoms with Crippen LogP contribution in [0.5, 0.6) is 5.75 Å². The number of benzene rings is 3. The maximum absolute atomic E-state index is 11.7. The number of halogens is 1. The summed E-state index contributed by atoms with van der Waals surface area (Å²) in [5.74, 6) is 0.791. The van der Waals surface area contributed by atoms with Gasteiger partial charge in [-0.25, -0.2) is 0 Å². The molecule has 0 fully saturated rings. The van der Waals surface area contributed by atoms with E-state index in [0.717, 1.165) is 40.8 Å². The van der Waals surface area contributed by atoms with E-state index >= 15 is 0 Å². The summed E-state index contributed by atoms with van der Waals surface area (Å²) in [6.45, 7) is 1.14. The van der Waals surface area contributed by atoms with E-state index in [1.54, 1.807) is 11.0 Å². The van der Waals surface area contributed by atoms with Gasteiger partial charge in [-0.05, 0) is 53.5 Å². The lowest BCUT2D eigenvalue weighted by Gasteiger charge is -2.32. The van der Waals surface area contributed by atoms with Crippen LogP contribution in [0.2, 0.25) is 5.02 Å². The van der Waals surface area contributed by atoms with E-state index in [1.165, 1.54) is 0 Å². The fraction of sp³-hybridized carbons (Fsp3) is 0.160. The number of carbonyl (C=O) groups excluding carboxylic acids is 1. The molecule has 0 spiro atoms. The van der Waals surface area contributed by atoms with Gasteiger partial charge in [0.15, 0.2) is 0 Å². The highest BCUT2D eigenvalue weighted by Crippen LogP contribution is 2.36. The van der Waals surface area contributed by atoms with Gasteiger partial charge in [0.1, 0.15) is 12.4 Å². The van der Waals surface area contributed by atoms with Crippen LogP contribution in [0.15, 0.2) is 78.9 Å². The van der Waals surface area contributed by atoms with Crippen LogP contribution in [-0.2, 0) is 11.4 Å². The van der Waals surface area contributed by atoms with E-state index in [4.69, 9.17) is 22.1 Å². The van der Waals surface area contributed by atoms with Crippen molar-refractivity contribution in [3.8, 4) is 5.75 Å². The molecule has 1 aliphatic heterocycles. The van der Waals surface area contributed by atoms with Crippen molar-refractivity contribution >= 4 is 29.3 Å². The standard InChI is InChI=1S/C25H23ClN2O2/c26-21-8-11-24(27)23(15-21)20-12-13-28(17-29)25(14-20)19-6-9-22(10-7-19)30-16-18-4-2-1-3-5-18/h1-11,14-15,17,25H,12-13,16,27H2. The molecule has 3 aromatic rings. The first-order valence-electron chi connectivity index (χ1n) is 9.88. The van der Waals surface area contributed by atoms with Gasteiger partial charge < -0.3 is 15.4 Å². The van der Waals surface area contributed by atoms with Crippen molar-refractivity contribution in [2.45, 2.75) is 19.1 Å². The molecule has 1 amide bonds. The summed E-state index contributed by atoms with van der Waals surface area (Å²) in [4.78, 5) is 13.5. The van der Waals surface area contributed by atoms with Gasteiger partial charge in [-0.1, -0.05) is 60.1 Å². The smallest absolute Gasteiger partial charge is 0.210 e. The molecule has 2 N–H and O–H groups in total. The molecule has 30 heavy (non-hydrogen) atoms. The molecule has 0 aliphatic carbocycles. The van der Waals surface area contributed by atoms with Gasteiger partial charge in [0.05, 0.1) is 6.04 Å². The van der Waals surface area contributed by atoms with Gasteiger partial charge in [0.2, 0.25) is 6.41 Å². The van der Waals surface area contributed by atoms with Gasteiger partial charge in [-0.3, -0.25) is 4.79 Å². The van der Waals surface area contributed by atoms with E-state index in [0.29, 0.717) is 23.9 Å². The second-order valence-corrected chi connectivity index (χ2v) is 7.74. The number of amides is 1. The fourth-order valence-corrected chi connectivity index (χ4v) is 3.87. The molecule has 3 aromatic carbocycles. The second kappa shape index (κ2) is 9.06. The summed E-state index contributed by atoms with van der Waals surface area (Å²) in [5.41, 5.74) is 11.0. The normalized spacial score (nSPS) is 16.1. The van der Waals surface area contributed by atoms with Gasteiger partial charge in [-0.15, -0.1) is 0 Å². The number of nitrogens with zero attached hydrogens (tertiary/aromatic N) is 1. The summed E-state index contributed by atoms with van der Waals surface area (Å²) in [5, 5.41) is 0.648. The summed E-state index contributed by atoms with van der Waals surface area (Å²) in [6.07, 6.45) is 3.73. The Hall–Kier alpha value is -3.24. The minimum absolute atomic E-state index is 0.159. The van der Waals surface area contributed by atoms with Crippen molar-refractivity contribution in [2.75, 3.05) is 12.3 Å².